The highest BCUT2D eigenvalue weighted by molar-refractivity contribution is 5.46. The van der Waals surface area contributed by atoms with Crippen LogP contribution in [0, 0.1) is 6.92 Å². The minimum Gasteiger partial charge on any atom is -0.383 e. The molecular weight excluding hydrogens is 254 g/mol. The summed E-state index contributed by atoms with van der Waals surface area (Å²) in [6.07, 6.45) is 1.75. The van der Waals surface area contributed by atoms with Crippen molar-refractivity contribution in [3.63, 3.8) is 0 Å². The van der Waals surface area contributed by atoms with E-state index in [0.29, 0.717) is 13.2 Å². The highest BCUT2D eigenvalue weighted by Crippen LogP contribution is 2.08. The molecule has 108 valence electrons. The van der Waals surface area contributed by atoms with Crippen LogP contribution in [0.2, 0.25) is 0 Å². The Bertz CT molecular complexity index is 651. The first-order valence-electron chi connectivity index (χ1n) is 6.70. The summed E-state index contributed by atoms with van der Waals surface area (Å²) >= 11 is 0. The molecule has 2 aromatic heterocycles. The van der Waals surface area contributed by atoms with Crippen LogP contribution in [0.3, 0.4) is 0 Å². The van der Waals surface area contributed by atoms with Crippen LogP contribution >= 0.6 is 0 Å². The molecule has 2 aromatic rings. The molecule has 0 saturated carbocycles. The van der Waals surface area contributed by atoms with Gasteiger partial charge in [0.05, 0.1) is 12.3 Å². The Kier molecular flexibility index (Phi) is 4.52. The summed E-state index contributed by atoms with van der Waals surface area (Å²) in [5.74, 6) is 0. The van der Waals surface area contributed by atoms with Crippen molar-refractivity contribution in [1.29, 1.82) is 0 Å². The van der Waals surface area contributed by atoms with Crippen LogP contribution in [-0.4, -0.2) is 41.1 Å². The van der Waals surface area contributed by atoms with E-state index in [2.05, 4.69) is 16.8 Å². The van der Waals surface area contributed by atoms with Gasteiger partial charge >= 0.3 is 0 Å². The predicted molar refractivity (Wildman–Crippen MR) is 79.0 cm³/mol. The molecule has 0 unspecified atom stereocenters. The molecule has 0 spiro atoms. The first-order chi connectivity index (χ1) is 9.52. The number of rotatable bonds is 5. The van der Waals surface area contributed by atoms with Gasteiger partial charge in [-0.1, -0.05) is 6.07 Å². The predicted octanol–water partition coefficient (Wildman–Crippen LogP) is 1.47. The SMILES string of the molecule is COC[C@H](C)N(C)Cc1cc(=O)n2cccc(C)c2n1. The summed E-state index contributed by atoms with van der Waals surface area (Å²) in [4.78, 5) is 18.8. The van der Waals surface area contributed by atoms with E-state index in [1.54, 1.807) is 23.8 Å². The number of nitrogens with zero attached hydrogens (tertiary/aromatic N) is 3. The first kappa shape index (κ1) is 14.7. The van der Waals surface area contributed by atoms with Gasteiger partial charge in [0.25, 0.3) is 5.56 Å². The number of ether oxygens (including phenoxy) is 1. The normalized spacial score (nSPS) is 13.1. The average molecular weight is 275 g/mol. The fourth-order valence-corrected chi connectivity index (χ4v) is 2.17. The van der Waals surface area contributed by atoms with Crippen molar-refractivity contribution in [3.05, 3.63) is 46.0 Å². The van der Waals surface area contributed by atoms with Crippen LogP contribution in [0.25, 0.3) is 5.65 Å². The third kappa shape index (κ3) is 3.05. The van der Waals surface area contributed by atoms with Crippen molar-refractivity contribution < 1.29 is 4.74 Å². The molecular formula is C15H21N3O2. The van der Waals surface area contributed by atoms with E-state index in [-0.39, 0.29) is 11.6 Å². The minimum atomic E-state index is -0.0403. The van der Waals surface area contributed by atoms with E-state index in [1.807, 2.05) is 26.1 Å². The van der Waals surface area contributed by atoms with Gasteiger partial charge in [0.2, 0.25) is 0 Å². The summed E-state index contributed by atoms with van der Waals surface area (Å²) < 4.78 is 6.73. The molecule has 5 nitrogen and oxygen atoms in total. The fraction of sp³-hybridized carbons (Fsp3) is 0.467. The first-order valence-corrected chi connectivity index (χ1v) is 6.70. The maximum Gasteiger partial charge on any atom is 0.258 e. The second-order valence-corrected chi connectivity index (χ2v) is 5.19. The highest BCUT2D eigenvalue weighted by atomic mass is 16.5. The molecule has 1 atom stereocenters. The van der Waals surface area contributed by atoms with E-state index in [9.17, 15) is 4.79 Å². The quantitative estimate of drug-likeness (QED) is 0.829. The molecule has 0 radical (unpaired) electrons. The molecule has 20 heavy (non-hydrogen) atoms. The second-order valence-electron chi connectivity index (χ2n) is 5.19. The van der Waals surface area contributed by atoms with Crippen molar-refractivity contribution in [2.75, 3.05) is 20.8 Å². The van der Waals surface area contributed by atoms with Gasteiger partial charge in [-0.3, -0.25) is 14.1 Å². The Balaban J connectivity index is 2.32. The number of pyridine rings is 1. The molecule has 2 heterocycles. The topological polar surface area (TPSA) is 46.8 Å². The Morgan fingerprint density at radius 3 is 2.95 bits per heavy atom. The van der Waals surface area contributed by atoms with Gasteiger partial charge < -0.3 is 4.74 Å². The van der Waals surface area contributed by atoms with E-state index in [4.69, 9.17) is 4.74 Å². The van der Waals surface area contributed by atoms with Crippen LogP contribution in [-0.2, 0) is 11.3 Å². The van der Waals surface area contributed by atoms with Crippen LogP contribution in [0.1, 0.15) is 18.2 Å². The summed E-state index contributed by atoms with van der Waals surface area (Å²) in [5.41, 5.74) is 2.47. The molecule has 5 heteroatoms. The zero-order chi connectivity index (χ0) is 14.7. The third-order valence-electron chi connectivity index (χ3n) is 3.51. The van der Waals surface area contributed by atoms with E-state index >= 15 is 0 Å². The van der Waals surface area contributed by atoms with Crippen molar-refractivity contribution in [1.82, 2.24) is 14.3 Å². The second kappa shape index (κ2) is 6.15. The summed E-state index contributed by atoms with van der Waals surface area (Å²) in [6.45, 7) is 5.33. The molecule has 0 aliphatic heterocycles. The van der Waals surface area contributed by atoms with Gasteiger partial charge in [0.1, 0.15) is 5.65 Å². The standard InChI is InChI=1S/C15H21N3O2/c1-11-6-5-7-18-14(19)8-13(16-15(11)18)9-17(3)12(2)10-20-4/h5-8,12H,9-10H2,1-4H3/t12-/m0/s1. The maximum atomic E-state index is 12.1. The van der Waals surface area contributed by atoms with Crippen LogP contribution < -0.4 is 5.56 Å². The lowest BCUT2D eigenvalue weighted by molar-refractivity contribution is 0.111. The molecule has 0 N–H and O–H groups in total. The Hall–Kier alpha value is -1.72. The monoisotopic (exact) mass is 275 g/mol. The van der Waals surface area contributed by atoms with Crippen molar-refractivity contribution in [3.8, 4) is 0 Å². The van der Waals surface area contributed by atoms with Gasteiger partial charge in [0, 0.05) is 32.0 Å². The smallest absolute Gasteiger partial charge is 0.258 e. The number of methoxy groups -OCH3 is 1. The van der Waals surface area contributed by atoms with Gasteiger partial charge in [0.15, 0.2) is 0 Å². The van der Waals surface area contributed by atoms with Crippen molar-refractivity contribution in [2.45, 2.75) is 26.4 Å². The van der Waals surface area contributed by atoms with Gasteiger partial charge in [-0.15, -0.1) is 0 Å². The average Bonchev–Trinajstić information content (AvgIpc) is 2.40. The zero-order valence-electron chi connectivity index (χ0n) is 12.5. The molecule has 0 saturated heterocycles. The lowest BCUT2D eigenvalue weighted by Crippen LogP contribution is -2.33. The van der Waals surface area contributed by atoms with Crippen LogP contribution in [0.4, 0.5) is 0 Å². The number of aryl methyl sites for hydroxylation is 1. The summed E-state index contributed by atoms with van der Waals surface area (Å²) in [7, 11) is 3.69. The summed E-state index contributed by atoms with van der Waals surface area (Å²) in [6, 6.07) is 5.69. The number of fused-ring (bicyclic) bond motifs is 1. The van der Waals surface area contributed by atoms with E-state index in [1.165, 1.54) is 0 Å². The Morgan fingerprint density at radius 2 is 2.25 bits per heavy atom. The molecule has 0 fully saturated rings. The molecule has 2 rings (SSSR count). The van der Waals surface area contributed by atoms with E-state index < -0.39 is 0 Å². The van der Waals surface area contributed by atoms with Crippen LogP contribution in [0.15, 0.2) is 29.2 Å². The van der Waals surface area contributed by atoms with Gasteiger partial charge in [-0.2, -0.15) is 0 Å². The zero-order valence-corrected chi connectivity index (χ0v) is 12.5. The van der Waals surface area contributed by atoms with E-state index in [0.717, 1.165) is 16.9 Å². The van der Waals surface area contributed by atoms with Crippen molar-refractivity contribution in [2.24, 2.45) is 0 Å². The minimum absolute atomic E-state index is 0.0403. The number of likely N-dealkylation sites (N-methyl/N-ethyl adjacent to an activating group) is 1. The Morgan fingerprint density at radius 1 is 1.50 bits per heavy atom. The molecule has 0 aliphatic carbocycles. The summed E-state index contributed by atoms with van der Waals surface area (Å²) in [5, 5.41) is 0. The maximum absolute atomic E-state index is 12.1. The highest BCUT2D eigenvalue weighted by Gasteiger charge is 2.11. The largest absolute Gasteiger partial charge is 0.383 e. The molecule has 0 aromatic carbocycles. The Labute approximate surface area is 118 Å². The number of hydrogen-bond acceptors (Lipinski definition) is 4. The lowest BCUT2D eigenvalue weighted by Gasteiger charge is -2.23. The van der Waals surface area contributed by atoms with Gasteiger partial charge in [-0.05, 0) is 32.5 Å². The van der Waals surface area contributed by atoms with Gasteiger partial charge in [-0.25, -0.2) is 4.98 Å². The molecule has 0 aliphatic rings. The molecule has 0 bridgehead atoms. The fourth-order valence-electron chi connectivity index (χ4n) is 2.17. The third-order valence-corrected chi connectivity index (χ3v) is 3.51. The lowest BCUT2D eigenvalue weighted by atomic mass is 10.2. The number of aromatic nitrogens is 2. The van der Waals surface area contributed by atoms with Crippen molar-refractivity contribution >= 4 is 5.65 Å². The molecule has 0 amide bonds. The number of hydrogen-bond donors (Lipinski definition) is 0. The van der Waals surface area contributed by atoms with Crippen LogP contribution in [0.5, 0.6) is 0 Å².